The van der Waals surface area contributed by atoms with E-state index in [2.05, 4.69) is 11.0 Å². The van der Waals surface area contributed by atoms with Gasteiger partial charge in [0.2, 0.25) is 5.91 Å². The fourth-order valence-corrected chi connectivity index (χ4v) is 6.17. The lowest BCUT2D eigenvalue weighted by atomic mass is 9.85. The molecule has 1 saturated carbocycles. The van der Waals surface area contributed by atoms with Crippen LogP contribution in [0.4, 0.5) is 0 Å². The Morgan fingerprint density at radius 2 is 1.74 bits per heavy atom. The van der Waals surface area contributed by atoms with Gasteiger partial charge in [-0.1, -0.05) is 31.4 Å². The zero-order valence-electron chi connectivity index (χ0n) is 18.4. The molecule has 4 rings (SSSR count). The normalized spacial score (nSPS) is 26.6. The van der Waals surface area contributed by atoms with Gasteiger partial charge < -0.3 is 15.1 Å². The SMILES string of the molecule is O=C(O)CC(=O)N(CCN1C2CCC1CC(c1cccc(O)c1)C2)CC1CCCCC1. The van der Waals surface area contributed by atoms with Crippen molar-refractivity contribution in [1.82, 2.24) is 9.80 Å². The highest BCUT2D eigenvalue weighted by molar-refractivity contribution is 5.93. The third kappa shape index (κ3) is 5.59. The summed E-state index contributed by atoms with van der Waals surface area (Å²) in [6.45, 7) is 2.17. The zero-order valence-corrected chi connectivity index (χ0v) is 18.4. The van der Waals surface area contributed by atoms with E-state index in [-0.39, 0.29) is 5.91 Å². The topological polar surface area (TPSA) is 81.1 Å². The molecule has 2 aliphatic heterocycles. The Hall–Kier alpha value is -2.08. The zero-order chi connectivity index (χ0) is 21.8. The summed E-state index contributed by atoms with van der Waals surface area (Å²) < 4.78 is 0. The molecule has 6 nitrogen and oxygen atoms in total. The minimum absolute atomic E-state index is 0.236. The van der Waals surface area contributed by atoms with E-state index in [4.69, 9.17) is 5.11 Å². The number of carbonyl (C=O) groups excluding carboxylic acids is 1. The highest BCUT2D eigenvalue weighted by Gasteiger charge is 2.41. The quantitative estimate of drug-likeness (QED) is 0.612. The molecule has 31 heavy (non-hydrogen) atoms. The van der Waals surface area contributed by atoms with Crippen LogP contribution < -0.4 is 0 Å². The number of phenols is 1. The van der Waals surface area contributed by atoms with Crippen molar-refractivity contribution in [2.24, 2.45) is 5.92 Å². The van der Waals surface area contributed by atoms with Gasteiger partial charge in [-0.15, -0.1) is 0 Å². The largest absolute Gasteiger partial charge is 0.508 e. The van der Waals surface area contributed by atoms with E-state index in [0.29, 0.717) is 42.8 Å². The number of phenolic OH excluding ortho intramolecular Hbond substituents is 1. The van der Waals surface area contributed by atoms with Crippen LogP contribution in [0.5, 0.6) is 5.75 Å². The first-order valence-electron chi connectivity index (χ1n) is 12.0. The predicted octanol–water partition coefficient (Wildman–Crippen LogP) is 3.99. The van der Waals surface area contributed by atoms with Crippen LogP contribution in [0.2, 0.25) is 0 Å². The average Bonchev–Trinajstić information content (AvgIpc) is 2.98. The summed E-state index contributed by atoms with van der Waals surface area (Å²) >= 11 is 0. The van der Waals surface area contributed by atoms with Crippen molar-refractivity contribution in [2.45, 2.75) is 82.2 Å². The lowest BCUT2D eigenvalue weighted by Crippen LogP contribution is -2.48. The van der Waals surface area contributed by atoms with E-state index >= 15 is 0 Å². The summed E-state index contributed by atoms with van der Waals surface area (Å²) in [6.07, 6.45) is 10.2. The third-order valence-corrected chi connectivity index (χ3v) is 7.71. The van der Waals surface area contributed by atoms with Gasteiger partial charge in [-0.2, -0.15) is 0 Å². The molecule has 2 atom stereocenters. The molecule has 3 fully saturated rings. The standard InChI is InChI=1S/C25H36N2O4/c28-23-8-4-7-19(15-23)20-13-21-9-10-22(14-20)27(21)12-11-26(24(29)16-25(30)31)17-18-5-2-1-3-6-18/h4,7-8,15,18,20-22,28H,1-3,5-6,9-14,16-17H2,(H,30,31). The molecule has 2 saturated heterocycles. The van der Waals surface area contributed by atoms with Gasteiger partial charge in [0.15, 0.2) is 0 Å². The van der Waals surface area contributed by atoms with Crippen LogP contribution in [0, 0.1) is 5.92 Å². The van der Waals surface area contributed by atoms with Gasteiger partial charge in [0.25, 0.3) is 0 Å². The maximum absolute atomic E-state index is 12.7. The predicted molar refractivity (Wildman–Crippen MR) is 119 cm³/mol. The number of aromatic hydroxyl groups is 1. The van der Waals surface area contributed by atoms with Gasteiger partial charge in [-0.3, -0.25) is 14.5 Å². The number of aliphatic carboxylic acids is 1. The minimum Gasteiger partial charge on any atom is -0.508 e. The molecule has 0 radical (unpaired) electrons. The van der Waals surface area contributed by atoms with Crippen LogP contribution >= 0.6 is 0 Å². The fraction of sp³-hybridized carbons (Fsp3) is 0.680. The molecule has 2 heterocycles. The Balaban J connectivity index is 1.36. The van der Waals surface area contributed by atoms with E-state index in [1.165, 1.54) is 37.7 Å². The number of hydrogen-bond donors (Lipinski definition) is 2. The maximum atomic E-state index is 12.7. The Bertz CT molecular complexity index is 763. The Morgan fingerprint density at radius 3 is 2.39 bits per heavy atom. The van der Waals surface area contributed by atoms with Crippen LogP contribution in [0.1, 0.15) is 75.7 Å². The highest BCUT2D eigenvalue weighted by Crippen LogP contribution is 2.43. The number of nitrogens with zero attached hydrogens (tertiary/aromatic N) is 2. The lowest BCUT2D eigenvalue weighted by molar-refractivity contribution is -0.144. The van der Waals surface area contributed by atoms with Crippen molar-refractivity contribution in [3.63, 3.8) is 0 Å². The number of piperidine rings is 1. The molecule has 0 aromatic heterocycles. The Labute approximate surface area is 185 Å². The number of carboxylic acids is 1. The number of rotatable bonds is 8. The summed E-state index contributed by atoms with van der Waals surface area (Å²) in [5, 5.41) is 19.0. The van der Waals surface area contributed by atoms with Crippen LogP contribution in [-0.4, -0.2) is 63.6 Å². The molecule has 2 bridgehead atoms. The smallest absolute Gasteiger partial charge is 0.312 e. The van der Waals surface area contributed by atoms with E-state index < -0.39 is 12.4 Å². The van der Waals surface area contributed by atoms with E-state index in [1.807, 2.05) is 17.0 Å². The van der Waals surface area contributed by atoms with Crippen molar-refractivity contribution in [2.75, 3.05) is 19.6 Å². The number of benzene rings is 1. The second-order valence-corrected chi connectivity index (χ2v) is 9.80. The van der Waals surface area contributed by atoms with E-state index in [9.17, 15) is 14.7 Å². The highest BCUT2D eigenvalue weighted by atomic mass is 16.4. The van der Waals surface area contributed by atoms with Crippen LogP contribution in [-0.2, 0) is 9.59 Å². The third-order valence-electron chi connectivity index (χ3n) is 7.71. The summed E-state index contributed by atoms with van der Waals surface area (Å²) in [6, 6.07) is 8.69. The number of carboxylic acid groups (broad SMARTS) is 1. The van der Waals surface area contributed by atoms with Gasteiger partial charge >= 0.3 is 5.97 Å². The lowest BCUT2D eigenvalue weighted by Gasteiger charge is -2.40. The first-order chi connectivity index (χ1) is 15.0. The van der Waals surface area contributed by atoms with E-state index in [1.54, 1.807) is 6.07 Å². The van der Waals surface area contributed by atoms with Crippen LogP contribution in [0.3, 0.4) is 0 Å². The van der Waals surface area contributed by atoms with Crippen molar-refractivity contribution in [1.29, 1.82) is 0 Å². The fourth-order valence-electron chi connectivity index (χ4n) is 6.17. The number of amides is 1. The van der Waals surface area contributed by atoms with E-state index in [0.717, 1.165) is 32.2 Å². The molecule has 0 spiro atoms. The van der Waals surface area contributed by atoms with Crippen LogP contribution in [0.15, 0.2) is 24.3 Å². The summed E-state index contributed by atoms with van der Waals surface area (Å²) in [5.41, 5.74) is 1.23. The Morgan fingerprint density at radius 1 is 1.03 bits per heavy atom. The average molecular weight is 429 g/mol. The van der Waals surface area contributed by atoms with Crippen LogP contribution in [0.25, 0.3) is 0 Å². The molecule has 3 aliphatic rings. The molecule has 2 unspecified atom stereocenters. The maximum Gasteiger partial charge on any atom is 0.312 e. The second kappa shape index (κ2) is 10.0. The molecule has 1 aliphatic carbocycles. The molecule has 1 amide bonds. The summed E-state index contributed by atoms with van der Waals surface area (Å²) in [4.78, 5) is 28.2. The van der Waals surface area contributed by atoms with Crippen molar-refractivity contribution in [3.8, 4) is 5.75 Å². The van der Waals surface area contributed by atoms with Gasteiger partial charge in [0, 0.05) is 31.7 Å². The monoisotopic (exact) mass is 428 g/mol. The summed E-state index contributed by atoms with van der Waals surface area (Å²) in [5.74, 6) is 0.0563. The molecule has 6 heteroatoms. The molecule has 1 aromatic rings. The van der Waals surface area contributed by atoms with Gasteiger partial charge in [0.1, 0.15) is 12.2 Å². The number of hydrogen-bond acceptors (Lipinski definition) is 4. The molecule has 2 N–H and O–H groups in total. The van der Waals surface area contributed by atoms with Gasteiger partial charge in [-0.05, 0) is 68.1 Å². The number of carbonyl (C=O) groups is 2. The molecular formula is C25H36N2O4. The summed E-state index contributed by atoms with van der Waals surface area (Å²) in [7, 11) is 0. The first-order valence-corrected chi connectivity index (χ1v) is 12.0. The van der Waals surface area contributed by atoms with Crippen molar-refractivity contribution >= 4 is 11.9 Å². The Kier molecular flexibility index (Phi) is 7.16. The van der Waals surface area contributed by atoms with Crippen molar-refractivity contribution in [3.05, 3.63) is 29.8 Å². The second-order valence-electron chi connectivity index (χ2n) is 9.80. The first kappa shape index (κ1) is 22.1. The van der Waals surface area contributed by atoms with Gasteiger partial charge in [0.05, 0.1) is 0 Å². The molecular weight excluding hydrogens is 392 g/mol. The minimum atomic E-state index is -1.04. The van der Waals surface area contributed by atoms with Gasteiger partial charge in [-0.25, -0.2) is 0 Å². The van der Waals surface area contributed by atoms with Crippen molar-refractivity contribution < 1.29 is 19.8 Å². The molecule has 1 aromatic carbocycles. The molecule has 170 valence electrons. The number of fused-ring (bicyclic) bond motifs is 2.